The Kier molecular flexibility index (Phi) is 6.09. The average molecular weight is 687 g/mol. The van der Waals surface area contributed by atoms with E-state index >= 15 is 0 Å². The minimum atomic E-state index is 0.864. The predicted molar refractivity (Wildman–Crippen MR) is 227 cm³/mol. The van der Waals surface area contributed by atoms with Gasteiger partial charge in [-0.25, -0.2) is 0 Å². The van der Waals surface area contributed by atoms with E-state index in [2.05, 4.69) is 182 Å². The first kappa shape index (κ1) is 29.4. The lowest BCUT2D eigenvalue weighted by Crippen LogP contribution is -1.91. The van der Waals surface area contributed by atoms with E-state index in [1.807, 2.05) is 0 Å². The van der Waals surface area contributed by atoms with Gasteiger partial charge in [-0.05, 0) is 125 Å². The molecule has 2 heteroatoms. The highest BCUT2D eigenvalue weighted by molar-refractivity contribution is 6.23. The zero-order chi connectivity index (χ0) is 35.3. The fraction of sp³-hybridized carbons (Fsp3) is 0. The van der Waals surface area contributed by atoms with Crippen molar-refractivity contribution >= 4 is 87.0 Å². The van der Waals surface area contributed by atoms with Crippen molar-refractivity contribution in [2.24, 2.45) is 0 Å². The van der Waals surface area contributed by atoms with Crippen molar-refractivity contribution in [3.8, 4) is 33.4 Å². The highest BCUT2D eigenvalue weighted by Gasteiger charge is 2.19. The van der Waals surface area contributed by atoms with Crippen LogP contribution in [0, 0.1) is 0 Å². The van der Waals surface area contributed by atoms with Gasteiger partial charge in [0.1, 0.15) is 22.3 Å². The molecule has 2 nitrogen and oxygen atoms in total. The first-order chi connectivity index (χ1) is 26.7. The Hall–Kier alpha value is -7.16. The third-order valence-corrected chi connectivity index (χ3v) is 11.4. The van der Waals surface area contributed by atoms with E-state index in [1.54, 1.807) is 0 Å². The van der Waals surface area contributed by atoms with Crippen molar-refractivity contribution in [1.29, 1.82) is 0 Å². The van der Waals surface area contributed by atoms with Crippen molar-refractivity contribution in [2.45, 2.75) is 0 Å². The molecule has 0 N–H and O–H groups in total. The van der Waals surface area contributed by atoms with Crippen molar-refractivity contribution in [3.63, 3.8) is 0 Å². The van der Waals surface area contributed by atoms with Gasteiger partial charge >= 0.3 is 0 Å². The van der Waals surface area contributed by atoms with Crippen LogP contribution in [-0.4, -0.2) is 0 Å². The smallest absolute Gasteiger partial charge is 0.136 e. The molecule has 54 heavy (non-hydrogen) atoms. The molecule has 250 valence electrons. The van der Waals surface area contributed by atoms with E-state index in [0.29, 0.717) is 0 Å². The molecule has 12 aromatic rings. The Labute approximate surface area is 310 Å². The first-order valence-corrected chi connectivity index (χ1v) is 18.5. The lowest BCUT2D eigenvalue weighted by Gasteiger charge is -2.18. The van der Waals surface area contributed by atoms with Gasteiger partial charge in [0.2, 0.25) is 0 Å². The van der Waals surface area contributed by atoms with E-state index in [4.69, 9.17) is 8.83 Å². The van der Waals surface area contributed by atoms with Gasteiger partial charge in [0.25, 0.3) is 0 Å². The maximum Gasteiger partial charge on any atom is 0.136 e. The van der Waals surface area contributed by atoms with Gasteiger partial charge in [-0.15, -0.1) is 0 Å². The van der Waals surface area contributed by atoms with E-state index in [9.17, 15) is 0 Å². The predicted octanol–water partition coefficient (Wildman–Crippen LogP) is 15.1. The number of benzene rings is 10. The Morgan fingerprint density at radius 1 is 0.222 bits per heavy atom. The lowest BCUT2D eigenvalue weighted by atomic mass is 9.85. The minimum absolute atomic E-state index is 0.864. The molecule has 0 aliphatic carbocycles. The van der Waals surface area contributed by atoms with Gasteiger partial charge in [0.15, 0.2) is 0 Å². The second-order valence-electron chi connectivity index (χ2n) is 14.4. The minimum Gasteiger partial charge on any atom is -0.456 e. The zero-order valence-electron chi connectivity index (χ0n) is 29.1. The first-order valence-electron chi connectivity index (χ1n) is 18.5. The molecule has 2 heterocycles. The topological polar surface area (TPSA) is 26.3 Å². The molecule has 0 bridgehead atoms. The highest BCUT2D eigenvalue weighted by atomic mass is 16.3. The van der Waals surface area contributed by atoms with Crippen LogP contribution >= 0.6 is 0 Å². The van der Waals surface area contributed by atoms with Gasteiger partial charge in [-0.1, -0.05) is 133 Å². The van der Waals surface area contributed by atoms with E-state index in [-0.39, 0.29) is 0 Å². The van der Waals surface area contributed by atoms with Crippen LogP contribution in [-0.2, 0) is 0 Å². The summed E-state index contributed by atoms with van der Waals surface area (Å²) < 4.78 is 13.0. The molecule has 0 saturated carbocycles. The van der Waals surface area contributed by atoms with Crippen LogP contribution in [0.15, 0.2) is 191 Å². The highest BCUT2D eigenvalue weighted by Crippen LogP contribution is 2.46. The number of furan rings is 2. The molecule has 0 aliphatic rings. The Balaban J connectivity index is 1.05. The Bertz CT molecular complexity index is 3430. The molecule has 0 radical (unpaired) electrons. The molecule has 0 amide bonds. The van der Waals surface area contributed by atoms with Crippen molar-refractivity contribution in [3.05, 3.63) is 182 Å². The SMILES string of the molecule is c1ccc(-c2ccc3cc(-c4c5ccccc5c(-c5ccc6oc7cc8c(cc7c6c5)oc5cc6ccccc6cc58)c5ccccc45)ccc3c2)cc1. The molecule has 10 aromatic carbocycles. The summed E-state index contributed by atoms with van der Waals surface area (Å²) in [7, 11) is 0. The fourth-order valence-electron chi connectivity index (χ4n) is 8.85. The molecule has 12 rings (SSSR count). The summed E-state index contributed by atoms with van der Waals surface area (Å²) in [6.07, 6.45) is 0. The number of hydrogen-bond donors (Lipinski definition) is 0. The summed E-state index contributed by atoms with van der Waals surface area (Å²) in [4.78, 5) is 0. The third-order valence-electron chi connectivity index (χ3n) is 11.4. The summed E-state index contributed by atoms with van der Waals surface area (Å²) in [5.74, 6) is 0. The maximum absolute atomic E-state index is 6.54. The third kappa shape index (κ3) is 4.34. The van der Waals surface area contributed by atoms with E-state index in [1.165, 1.54) is 70.9 Å². The number of fused-ring (bicyclic) bond motifs is 10. The van der Waals surface area contributed by atoms with Crippen LogP contribution in [0.3, 0.4) is 0 Å². The fourth-order valence-corrected chi connectivity index (χ4v) is 8.85. The number of hydrogen-bond acceptors (Lipinski definition) is 2. The summed E-state index contributed by atoms with van der Waals surface area (Å²) >= 11 is 0. The molecular weight excluding hydrogens is 657 g/mol. The van der Waals surface area contributed by atoms with Crippen LogP contribution in [0.4, 0.5) is 0 Å². The van der Waals surface area contributed by atoms with Gasteiger partial charge in [-0.2, -0.15) is 0 Å². The van der Waals surface area contributed by atoms with Crippen LogP contribution in [0.1, 0.15) is 0 Å². The van der Waals surface area contributed by atoms with Crippen molar-refractivity contribution in [2.75, 3.05) is 0 Å². The Morgan fingerprint density at radius 2 is 0.648 bits per heavy atom. The molecule has 0 fully saturated rings. The molecule has 0 atom stereocenters. The second-order valence-corrected chi connectivity index (χ2v) is 14.4. The van der Waals surface area contributed by atoms with Crippen molar-refractivity contribution in [1.82, 2.24) is 0 Å². The van der Waals surface area contributed by atoms with Crippen LogP contribution in [0.5, 0.6) is 0 Å². The van der Waals surface area contributed by atoms with Gasteiger partial charge in [0, 0.05) is 21.5 Å². The second kappa shape index (κ2) is 11.2. The molecule has 2 aromatic heterocycles. The summed E-state index contributed by atoms with van der Waals surface area (Å²) in [6.45, 7) is 0. The molecular formula is C52H30O2. The molecule has 0 saturated heterocycles. The van der Waals surface area contributed by atoms with Crippen LogP contribution in [0.25, 0.3) is 120 Å². The van der Waals surface area contributed by atoms with Gasteiger partial charge < -0.3 is 8.83 Å². The average Bonchev–Trinajstić information content (AvgIpc) is 3.76. The molecule has 0 aliphatic heterocycles. The zero-order valence-corrected chi connectivity index (χ0v) is 29.1. The lowest BCUT2D eigenvalue weighted by molar-refractivity contribution is 0.664. The van der Waals surface area contributed by atoms with Crippen molar-refractivity contribution < 1.29 is 8.83 Å². The van der Waals surface area contributed by atoms with E-state index in [0.717, 1.165) is 49.4 Å². The molecule has 0 unspecified atom stereocenters. The van der Waals surface area contributed by atoms with Gasteiger partial charge in [0.05, 0.1) is 0 Å². The monoisotopic (exact) mass is 686 g/mol. The summed E-state index contributed by atoms with van der Waals surface area (Å²) in [5, 5.41) is 14.1. The largest absolute Gasteiger partial charge is 0.456 e. The standard InChI is InChI=1S/C52H30O2/c1-2-10-31(11-3-1)34-18-19-36-25-37(21-20-35(36)24-34)51-39-14-6-8-16-41(39)52(42-17-9-7-15-40(42)51)38-22-23-47-43(27-38)45-29-50-46(30-49(45)53-47)44-26-32-12-4-5-13-33(32)28-48(44)54-50/h1-30H. The summed E-state index contributed by atoms with van der Waals surface area (Å²) in [6, 6.07) is 65.8. The normalized spacial score (nSPS) is 12.1. The summed E-state index contributed by atoms with van der Waals surface area (Å²) in [5.41, 5.74) is 10.8. The number of rotatable bonds is 3. The van der Waals surface area contributed by atoms with E-state index < -0.39 is 0 Å². The quantitative estimate of drug-likeness (QED) is 0.173. The maximum atomic E-state index is 6.54. The van der Waals surface area contributed by atoms with Gasteiger partial charge in [-0.3, -0.25) is 0 Å². The van der Waals surface area contributed by atoms with Crippen LogP contribution < -0.4 is 0 Å². The molecule has 0 spiro atoms. The van der Waals surface area contributed by atoms with Crippen LogP contribution in [0.2, 0.25) is 0 Å². The Morgan fingerprint density at radius 3 is 1.30 bits per heavy atom.